The number of anilines is 2. The average molecular weight is 370 g/mol. The Morgan fingerprint density at radius 2 is 1.81 bits per heavy atom. The van der Waals surface area contributed by atoms with Crippen molar-refractivity contribution in [3.8, 4) is 0 Å². The van der Waals surface area contributed by atoms with Crippen molar-refractivity contribution < 1.29 is 4.52 Å². The van der Waals surface area contributed by atoms with Crippen LogP contribution in [0, 0.1) is 6.92 Å². The van der Waals surface area contributed by atoms with Crippen molar-refractivity contribution >= 4 is 11.6 Å². The minimum atomic E-state index is 0.279. The molecule has 0 radical (unpaired) electrons. The van der Waals surface area contributed by atoms with E-state index >= 15 is 0 Å². The molecule has 3 heterocycles. The highest BCUT2D eigenvalue weighted by molar-refractivity contribution is 5.53. The summed E-state index contributed by atoms with van der Waals surface area (Å²) in [5.74, 6) is 1.78. The SMILES string of the molecule is Cc1ccccc1N1CCN([C@@H]2CCCN(c3noc(C(C)C)n3)C2)CC1. The van der Waals surface area contributed by atoms with Gasteiger partial charge in [0.05, 0.1) is 0 Å². The van der Waals surface area contributed by atoms with Gasteiger partial charge in [0.2, 0.25) is 5.89 Å². The van der Waals surface area contributed by atoms with Crippen LogP contribution in [0.3, 0.4) is 0 Å². The number of rotatable bonds is 4. The second kappa shape index (κ2) is 7.89. The fourth-order valence-corrected chi connectivity index (χ4v) is 4.27. The Morgan fingerprint density at radius 3 is 2.52 bits per heavy atom. The minimum Gasteiger partial charge on any atom is -0.369 e. The van der Waals surface area contributed by atoms with Gasteiger partial charge < -0.3 is 14.3 Å². The number of aromatic nitrogens is 2. The second-order valence-electron chi connectivity index (χ2n) is 8.14. The summed E-state index contributed by atoms with van der Waals surface area (Å²) < 4.78 is 5.41. The molecule has 146 valence electrons. The summed E-state index contributed by atoms with van der Waals surface area (Å²) in [4.78, 5) is 12.1. The Balaban J connectivity index is 1.36. The van der Waals surface area contributed by atoms with Gasteiger partial charge in [-0.3, -0.25) is 4.90 Å². The number of nitrogens with zero attached hydrogens (tertiary/aromatic N) is 5. The van der Waals surface area contributed by atoms with Gasteiger partial charge >= 0.3 is 0 Å². The summed E-state index contributed by atoms with van der Waals surface area (Å²) >= 11 is 0. The zero-order valence-electron chi connectivity index (χ0n) is 16.8. The molecule has 0 amide bonds. The van der Waals surface area contributed by atoms with Crippen LogP contribution in [-0.2, 0) is 0 Å². The van der Waals surface area contributed by atoms with E-state index in [1.165, 1.54) is 24.1 Å². The Labute approximate surface area is 162 Å². The van der Waals surface area contributed by atoms with Gasteiger partial charge in [-0.2, -0.15) is 4.98 Å². The molecule has 2 saturated heterocycles. The molecule has 1 aromatic heterocycles. The average Bonchev–Trinajstić information content (AvgIpc) is 3.19. The van der Waals surface area contributed by atoms with Crippen molar-refractivity contribution in [2.75, 3.05) is 49.1 Å². The topological polar surface area (TPSA) is 48.6 Å². The van der Waals surface area contributed by atoms with Crippen LogP contribution in [0.2, 0.25) is 0 Å². The lowest BCUT2D eigenvalue weighted by Crippen LogP contribution is -2.55. The molecular formula is C21H31N5O. The van der Waals surface area contributed by atoms with Crippen molar-refractivity contribution in [3.05, 3.63) is 35.7 Å². The van der Waals surface area contributed by atoms with Crippen LogP contribution >= 0.6 is 0 Å². The molecule has 0 unspecified atom stereocenters. The normalized spacial score (nSPS) is 21.9. The smallest absolute Gasteiger partial charge is 0.266 e. The third-order valence-electron chi connectivity index (χ3n) is 5.89. The number of hydrogen-bond donors (Lipinski definition) is 0. The van der Waals surface area contributed by atoms with Gasteiger partial charge in [-0.05, 0) is 36.6 Å². The first-order valence-corrected chi connectivity index (χ1v) is 10.2. The summed E-state index contributed by atoms with van der Waals surface area (Å²) in [6, 6.07) is 9.30. The standard InChI is InChI=1S/C21H31N5O/c1-16(2)20-22-21(23-27-20)26-10-6-8-18(15-26)24-11-13-25(14-12-24)19-9-5-4-7-17(19)3/h4-5,7,9,16,18H,6,8,10-15H2,1-3H3/t18-/m1/s1. The summed E-state index contributed by atoms with van der Waals surface area (Å²) in [6.45, 7) is 12.8. The lowest BCUT2D eigenvalue weighted by molar-refractivity contribution is 0.165. The fourth-order valence-electron chi connectivity index (χ4n) is 4.27. The first-order valence-electron chi connectivity index (χ1n) is 10.2. The Hall–Kier alpha value is -2.08. The van der Waals surface area contributed by atoms with Crippen LogP contribution < -0.4 is 9.80 Å². The quantitative estimate of drug-likeness (QED) is 0.824. The van der Waals surface area contributed by atoms with Crippen LogP contribution in [0.15, 0.2) is 28.8 Å². The number of piperidine rings is 1. The van der Waals surface area contributed by atoms with Crippen molar-refractivity contribution in [2.24, 2.45) is 0 Å². The lowest BCUT2D eigenvalue weighted by atomic mass is 10.0. The molecule has 0 N–H and O–H groups in total. The molecule has 6 nitrogen and oxygen atoms in total. The maximum Gasteiger partial charge on any atom is 0.266 e. The molecule has 1 atom stereocenters. The fraction of sp³-hybridized carbons (Fsp3) is 0.619. The summed E-state index contributed by atoms with van der Waals surface area (Å²) in [5.41, 5.74) is 2.75. The first-order chi connectivity index (χ1) is 13.1. The molecule has 0 spiro atoms. The number of aryl methyl sites for hydroxylation is 1. The summed E-state index contributed by atoms with van der Waals surface area (Å²) in [5, 5.41) is 4.22. The van der Waals surface area contributed by atoms with Crippen LogP contribution in [0.25, 0.3) is 0 Å². The maximum absolute atomic E-state index is 5.41. The minimum absolute atomic E-state index is 0.279. The Bertz CT molecular complexity index is 751. The predicted molar refractivity (Wildman–Crippen MR) is 109 cm³/mol. The van der Waals surface area contributed by atoms with Gasteiger partial charge in [0.15, 0.2) is 0 Å². The molecule has 2 aliphatic rings. The van der Waals surface area contributed by atoms with E-state index in [-0.39, 0.29) is 5.92 Å². The van der Waals surface area contributed by atoms with Gasteiger partial charge in [0.1, 0.15) is 0 Å². The molecular weight excluding hydrogens is 338 g/mol. The largest absolute Gasteiger partial charge is 0.369 e. The van der Waals surface area contributed by atoms with E-state index in [4.69, 9.17) is 4.52 Å². The molecule has 0 bridgehead atoms. The molecule has 2 aromatic rings. The van der Waals surface area contributed by atoms with Crippen LogP contribution in [0.5, 0.6) is 0 Å². The molecule has 0 saturated carbocycles. The van der Waals surface area contributed by atoms with Crippen molar-refractivity contribution in [1.29, 1.82) is 0 Å². The van der Waals surface area contributed by atoms with E-state index in [9.17, 15) is 0 Å². The van der Waals surface area contributed by atoms with Crippen molar-refractivity contribution in [2.45, 2.75) is 45.6 Å². The number of piperazine rings is 1. The predicted octanol–water partition coefficient (Wildman–Crippen LogP) is 3.29. The van der Waals surface area contributed by atoms with E-state index in [0.717, 1.165) is 51.1 Å². The number of benzene rings is 1. The molecule has 4 rings (SSSR count). The van der Waals surface area contributed by atoms with E-state index in [0.29, 0.717) is 6.04 Å². The van der Waals surface area contributed by atoms with Crippen LogP contribution in [0.4, 0.5) is 11.6 Å². The highest BCUT2D eigenvalue weighted by Gasteiger charge is 2.30. The third-order valence-corrected chi connectivity index (χ3v) is 5.89. The third kappa shape index (κ3) is 3.95. The molecule has 0 aliphatic carbocycles. The highest BCUT2D eigenvalue weighted by Crippen LogP contribution is 2.25. The Kier molecular flexibility index (Phi) is 5.34. The van der Waals surface area contributed by atoms with Crippen molar-refractivity contribution in [3.63, 3.8) is 0 Å². The summed E-state index contributed by atoms with van der Waals surface area (Å²) in [7, 11) is 0. The Morgan fingerprint density at radius 1 is 1.04 bits per heavy atom. The monoisotopic (exact) mass is 369 g/mol. The van der Waals surface area contributed by atoms with Gasteiger partial charge in [0.25, 0.3) is 5.95 Å². The number of hydrogen-bond acceptors (Lipinski definition) is 6. The van der Waals surface area contributed by atoms with Gasteiger partial charge in [-0.25, -0.2) is 0 Å². The van der Waals surface area contributed by atoms with E-state index < -0.39 is 0 Å². The molecule has 6 heteroatoms. The lowest BCUT2D eigenvalue weighted by Gasteiger charge is -2.43. The van der Waals surface area contributed by atoms with Gasteiger partial charge in [-0.15, -0.1) is 0 Å². The van der Waals surface area contributed by atoms with Crippen LogP contribution in [-0.4, -0.2) is 60.4 Å². The summed E-state index contributed by atoms with van der Waals surface area (Å²) in [6.07, 6.45) is 2.45. The zero-order chi connectivity index (χ0) is 18.8. The van der Waals surface area contributed by atoms with E-state index in [1.807, 2.05) is 0 Å². The van der Waals surface area contributed by atoms with Crippen molar-refractivity contribution in [1.82, 2.24) is 15.0 Å². The first kappa shape index (κ1) is 18.3. The molecule has 2 fully saturated rings. The zero-order valence-corrected chi connectivity index (χ0v) is 16.8. The van der Waals surface area contributed by atoms with E-state index in [2.05, 4.69) is 69.9 Å². The molecule has 2 aliphatic heterocycles. The van der Waals surface area contributed by atoms with E-state index in [1.54, 1.807) is 0 Å². The second-order valence-corrected chi connectivity index (χ2v) is 8.14. The number of para-hydroxylation sites is 1. The maximum atomic E-state index is 5.41. The highest BCUT2D eigenvalue weighted by atomic mass is 16.5. The van der Waals surface area contributed by atoms with Crippen LogP contribution in [0.1, 0.15) is 44.1 Å². The molecule has 27 heavy (non-hydrogen) atoms. The van der Waals surface area contributed by atoms with Gasteiger partial charge in [0, 0.05) is 56.9 Å². The van der Waals surface area contributed by atoms with Gasteiger partial charge in [-0.1, -0.05) is 32.0 Å². The molecule has 1 aromatic carbocycles.